The third-order valence-electron chi connectivity index (χ3n) is 10.9. The highest BCUT2D eigenvalue weighted by molar-refractivity contribution is 6.05. The standard InChI is InChI=1S/C50H35N3/c1-50(2)45-24-14-13-23-41(45)42-26-25-35(31-46(42)50)38-27-28-43(40-22-12-11-21-39(38)40)48-51-47(33-17-7-4-8-18-33)52-49(53-48)44-30-36(32-15-5-3-6-16-32)29-34-19-9-10-20-37(34)44/h3-31H,1-2H3. The Morgan fingerprint density at radius 2 is 0.868 bits per heavy atom. The van der Waals surface area contributed by atoms with E-state index in [2.05, 4.69) is 172 Å². The van der Waals surface area contributed by atoms with Gasteiger partial charge >= 0.3 is 0 Å². The van der Waals surface area contributed by atoms with Crippen molar-refractivity contribution in [3.8, 4) is 67.5 Å². The molecule has 0 N–H and O–H groups in total. The van der Waals surface area contributed by atoms with Crippen LogP contribution in [0, 0.1) is 0 Å². The van der Waals surface area contributed by atoms with Crippen LogP contribution >= 0.6 is 0 Å². The summed E-state index contributed by atoms with van der Waals surface area (Å²) in [7, 11) is 0. The van der Waals surface area contributed by atoms with Crippen molar-refractivity contribution >= 4 is 21.5 Å². The Hall–Kier alpha value is -6.71. The van der Waals surface area contributed by atoms with Crippen LogP contribution in [-0.2, 0) is 5.41 Å². The predicted molar refractivity (Wildman–Crippen MR) is 220 cm³/mol. The first-order chi connectivity index (χ1) is 26.0. The molecule has 3 heteroatoms. The molecule has 0 atom stereocenters. The Morgan fingerprint density at radius 1 is 0.321 bits per heavy atom. The second-order valence-electron chi connectivity index (χ2n) is 14.4. The van der Waals surface area contributed by atoms with Gasteiger partial charge in [0.15, 0.2) is 17.5 Å². The molecule has 0 unspecified atom stereocenters. The lowest BCUT2D eigenvalue weighted by atomic mass is 9.81. The molecule has 3 nitrogen and oxygen atoms in total. The van der Waals surface area contributed by atoms with Crippen molar-refractivity contribution in [3.63, 3.8) is 0 Å². The molecule has 8 aromatic carbocycles. The monoisotopic (exact) mass is 677 g/mol. The SMILES string of the molecule is CC1(C)c2ccccc2-c2ccc(-c3ccc(-c4nc(-c5ccccc5)nc(-c5cc(-c6ccccc6)cc6ccccc56)n4)c4ccccc34)cc21. The molecular weight excluding hydrogens is 643 g/mol. The minimum Gasteiger partial charge on any atom is -0.208 e. The summed E-state index contributed by atoms with van der Waals surface area (Å²) in [5.74, 6) is 1.95. The number of hydrogen-bond donors (Lipinski definition) is 0. The average molecular weight is 678 g/mol. The highest BCUT2D eigenvalue weighted by Crippen LogP contribution is 2.50. The second-order valence-corrected chi connectivity index (χ2v) is 14.4. The Balaban J connectivity index is 1.17. The van der Waals surface area contributed by atoms with Crippen LogP contribution < -0.4 is 0 Å². The van der Waals surface area contributed by atoms with Gasteiger partial charge in [0.25, 0.3) is 0 Å². The van der Waals surface area contributed by atoms with Gasteiger partial charge in [0.05, 0.1) is 0 Å². The van der Waals surface area contributed by atoms with E-state index >= 15 is 0 Å². The van der Waals surface area contributed by atoms with Crippen molar-refractivity contribution in [1.29, 1.82) is 0 Å². The van der Waals surface area contributed by atoms with E-state index in [1.807, 2.05) is 18.2 Å². The first-order valence-corrected chi connectivity index (χ1v) is 18.2. The Labute approximate surface area is 309 Å². The normalized spacial score (nSPS) is 12.9. The molecule has 1 aliphatic carbocycles. The topological polar surface area (TPSA) is 38.7 Å². The van der Waals surface area contributed by atoms with Crippen LogP contribution in [0.2, 0.25) is 0 Å². The van der Waals surface area contributed by atoms with Gasteiger partial charge < -0.3 is 0 Å². The summed E-state index contributed by atoms with van der Waals surface area (Å²) >= 11 is 0. The minimum absolute atomic E-state index is 0.0746. The van der Waals surface area contributed by atoms with Crippen molar-refractivity contribution in [2.75, 3.05) is 0 Å². The van der Waals surface area contributed by atoms with Gasteiger partial charge in [-0.25, -0.2) is 15.0 Å². The van der Waals surface area contributed by atoms with Crippen LogP contribution in [-0.4, -0.2) is 15.0 Å². The summed E-state index contributed by atoms with van der Waals surface area (Å²) in [5.41, 5.74) is 12.9. The Kier molecular flexibility index (Phi) is 7.16. The lowest BCUT2D eigenvalue weighted by Gasteiger charge is -2.22. The summed E-state index contributed by atoms with van der Waals surface area (Å²) in [6.45, 7) is 4.67. The zero-order chi connectivity index (χ0) is 35.5. The average Bonchev–Trinajstić information content (AvgIpc) is 3.45. The fourth-order valence-electron chi connectivity index (χ4n) is 8.24. The molecule has 1 aromatic heterocycles. The first kappa shape index (κ1) is 31.1. The maximum Gasteiger partial charge on any atom is 0.164 e. The van der Waals surface area contributed by atoms with Gasteiger partial charge in [0.1, 0.15) is 0 Å². The molecule has 0 aliphatic heterocycles. The summed E-state index contributed by atoms with van der Waals surface area (Å²) in [5, 5.41) is 4.51. The van der Waals surface area contributed by atoms with Crippen LogP contribution in [0.15, 0.2) is 176 Å². The largest absolute Gasteiger partial charge is 0.208 e. The lowest BCUT2D eigenvalue weighted by molar-refractivity contribution is 0.660. The quantitative estimate of drug-likeness (QED) is 0.182. The molecule has 0 radical (unpaired) electrons. The van der Waals surface area contributed by atoms with Gasteiger partial charge in [0, 0.05) is 22.1 Å². The zero-order valence-corrected chi connectivity index (χ0v) is 29.6. The molecule has 10 rings (SSSR count). The van der Waals surface area contributed by atoms with Gasteiger partial charge in [-0.1, -0.05) is 166 Å². The maximum absolute atomic E-state index is 5.30. The number of fused-ring (bicyclic) bond motifs is 5. The Morgan fingerprint density at radius 3 is 1.64 bits per heavy atom. The van der Waals surface area contributed by atoms with E-state index < -0.39 is 0 Å². The van der Waals surface area contributed by atoms with Gasteiger partial charge in [-0.05, 0) is 90.3 Å². The van der Waals surface area contributed by atoms with Crippen LogP contribution in [0.3, 0.4) is 0 Å². The molecule has 0 spiro atoms. The van der Waals surface area contributed by atoms with E-state index in [1.165, 1.54) is 33.4 Å². The van der Waals surface area contributed by atoms with Crippen LogP contribution in [0.1, 0.15) is 25.0 Å². The van der Waals surface area contributed by atoms with E-state index in [0.717, 1.165) is 49.4 Å². The minimum atomic E-state index is -0.0746. The summed E-state index contributed by atoms with van der Waals surface area (Å²) < 4.78 is 0. The summed E-state index contributed by atoms with van der Waals surface area (Å²) in [4.78, 5) is 15.7. The summed E-state index contributed by atoms with van der Waals surface area (Å²) in [6.07, 6.45) is 0. The van der Waals surface area contributed by atoms with Crippen molar-refractivity contribution in [2.24, 2.45) is 0 Å². The van der Waals surface area contributed by atoms with Crippen LogP contribution in [0.25, 0.3) is 89.1 Å². The summed E-state index contributed by atoms with van der Waals surface area (Å²) in [6, 6.07) is 62.6. The lowest BCUT2D eigenvalue weighted by Crippen LogP contribution is -2.14. The fourth-order valence-corrected chi connectivity index (χ4v) is 8.24. The third-order valence-corrected chi connectivity index (χ3v) is 10.9. The van der Waals surface area contributed by atoms with Gasteiger partial charge in [-0.2, -0.15) is 0 Å². The molecule has 53 heavy (non-hydrogen) atoms. The van der Waals surface area contributed by atoms with E-state index in [0.29, 0.717) is 17.5 Å². The number of rotatable bonds is 5. The highest BCUT2D eigenvalue weighted by Gasteiger charge is 2.35. The van der Waals surface area contributed by atoms with Crippen LogP contribution in [0.4, 0.5) is 0 Å². The van der Waals surface area contributed by atoms with Gasteiger partial charge in [-0.3, -0.25) is 0 Å². The molecular formula is C50H35N3. The van der Waals surface area contributed by atoms with E-state index in [-0.39, 0.29) is 5.41 Å². The molecule has 250 valence electrons. The van der Waals surface area contributed by atoms with Crippen molar-refractivity contribution in [2.45, 2.75) is 19.3 Å². The maximum atomic E-state index is 5.30. The molecule has 0 fully saturated rings. The number of benzene rings is 8. The molecule has 1 aliphatic rings. The van der Waals surface area contributed by atoms with E-state index in [1.54, 1.807) is 0 Å². The van der Waals surface area contributed by atoms with Crippen molar-refractivity contribution < 1.29 is 0 Å². The van der Waals surface area contributed by atoms with Crippen molar-refractivity contribution in [1.82, 2.24) is 15.0 Å². The molecule has 0 bridgehead atoms. The third kappa shape index (κ3) is 5.16. The number of hydrogen-bond acceptors (Lipinski definition) is 3. The number of aromatic nitrogens is 3. The highest BCUT2D eigenvalue weighted by atomic mass is 15.0. The van der Waals surface area contributed by atoms with Crippen LogP contribution in [0.5, 0.6) is 0 Å². The first-order valence-electron chi connectivity index (χ1n) is 18.2. The zero-order valence-electron chi connectivity index (χ0n) is 29.6. The Bertz CT molecular complexity index is 2860. The smallest absolute Gasteiger partial charge is 0.164 e. The van der Waals surface area contributed by atoms with Gasteiger partial charge in [0.2, 0.25) is 0 Å². The molecule has 0 saturated heterocycles. The molecule has 0 saturated carbocycles. The molecule has 9 aromatic rings. The molecule has 0 amide bonds. The van der Waals surface area contributed by atoms with Gasteiger partial charge in [-0.15, -0.1) is 0 Å². The second kappa shape index (κ2) is 12.2. The fraction of sp³-hybridized carbons (Fsp3) is 0.0600. The van der Waals surface area contributed by atoms with Crippen molar-refractivity contribution in [3.05, 3.63) is 187 Å². The predicted octanol–water partition coefficient (Wildman–Crippen LogP) is 12.8. The number of nitrogens with zero attached hydrogens (tertiary/aromatic N) is 3. The molecule has 1 heterocycles. The van der Waals surface area contributed by atoms with E-state index in [9.17, 15) is 0 Å². The van der Waals surface area contributed by atoms with E-state index in [4.69, 9.17) is 15.0 Å².